The Morgan fingerprint density at radius 3 is 2.12 bits per heavy atom. The molecule has 0 spiro atoms. The fourth-order valence-corrected chi connectivity index (χ4v) is 5.81. The molecule has 0 aromatic heterocycles. The summed E-state index contributed by atoms with van der Waals surface area (Å²) in [5.41, 5.74) is 2.45. The fraction of sp³-hybridized carbons (Fsp3) is 0.375. The van der Waals surface area contributed by atoms with Gasteiger partial charge in [0.15, 0.2) is 0 Å². The van der Waals surface area contributed by atoms with Crippen molar-refractivity contribution in [2.24, 2.45) is 0 Å². The van der Waals surface area contributed by atoms with E-state index in [0.29, 0.717) is 12.2 Å². The van der Waals surface area contributed by atoms with Crippen molar-refractivity contribution in [3.63, 3.8) is 0 Å². The Labute approximate surface area is 244 Å². The van der Waals surface area contributed by atoms with Crippen LogP contribution < -0.4 is 14.4 Å². The number of nitrogens with one attached hydrogen (secondary N) is 1. The third-order valence-electron chi connectivity index (χ3n) is 6.64. The molecule has 41 heavy (non-hydrogen) atoms. The molecule has 0 radical (unpaired) electrons. The number of nitrogens with zero attached hydrogens (tertiary/aromatic N) is 2. The maximum Gasteiger partial charge on any atom is 0.264 e. The SMILES string of the molecule is COc1ccc(C)cc1N(CC(=O)N(CCc1ccccc1)[C@@H](C)C(=O)NC(C)(C)C)S(=O)(=O)c1ccc(C)cc1. The first kappa shape index (κ1) is 31.7. The van der Waals surface area contributed by atoms with Gasteiger partial charge in [0, 0.05) is 12.1 Å². The number of methoxy groups -OCH3 is 1. The topological polar surface area (TPSA) is 96.0 Å². The van der Waals surface area contributed by atoms with Gasteiger partial charge in [0.25, 0.3) is 10.0 Å². The van der Waals surface area contributed by atoms with Gasteiger partial charge in [-0.2, -0.15) is 0 Å². The second-order valence-corrected chi connectivity index (χ2v) is 13.1. The predicted molar refractivity (Wildman–Crippen MR) is 163 cm³/mol. The van der Waals surface area contributed by atoms with Crippen LogP contribution >= 0.6 is 0 Å². The number of carbonyl (C=O) groups is 2. The van der Waals surface area contributed by atoms with Crippen LogP contribution in [0.15, 0.2) is 77.7 Å². The van der Waals surface area contributed by atoms with Crippen molar-refractivity contribution in [3.05, 3.63) is 89.5 Å². The first-order valence-electron chi connectivity index (χ1n) is 13.6. The van der Waals surface area contributed by atoms with E-state index in [0.717, 1.165) is 21.0 Å². The third kappa shape index (κ3) is 8.33. The fourth-order valence-electron chi connectivity index (χ4n) is 4.39. The molecule has 2 amide bonds. The molecule has 220 valence electrons. The number of sulfonamides is 1. The van der Waals surface area contributed by atoms with Crippen LogP contribution in [0.1, 0.15) is 44.4 Å². The number of anilines is 1. The van der Waals surface area contributed by atoms with Crippen LogP contribution in [0.4, 0.5) is 5.69 Å². The number of carbonyl (C=O) groups excluding carboxylic acids is 2. The highest BCUT2D eigenvalue weighted by molar-refractivity contribution is 7.92. The Morgan fingerprint density at radius 1 is 0.927 bits per heavy atom. The van der Waals surface area contributed by atoms with Crippen molar-refractivity contribution in [2.45, 2.75) is 64.4 Å². The van der Waals surface area contributed by atoms with Gasteiger partial charge in [-0.15, -0.1) is 0 Å². The van der Waals surface area contributed by atoms with Gasteiger partial charge >= 0.3 is 0 Å². The Kier molecular flexibility index (Phi) is 10.2. The van der Waals surface area contributed by atoms with E-state index in [1.54, 1.807) is 31.2 Å². The predicted octanol–water partition coefficient (Wildman–Crippen LogP) is 4.88. The van der Waals surface area contributed by atoms with E-state index in [2.05, 4.69) is 5.32 Å². The third-order valence-corrected chi connectivity index (χ3v) is 8.41. The summed E-state index contributed by atoms with van der Waals surface area (Å²) in [5, 5.41) is 2.94. The number of hydrogen-bond donors (Lipinski definition) is 1. The Morgan fingerprint density at radius 2 is 1.54 bits per heavy atom. The maximum absolute atomic E-state index is 14.1. The smallest absolute Gasteiger partial charge is 0.264 e. The van der Waals surface area contributed by atoms with E-state index in [9.17, 15) is 18.0 Å². The molecule has 8 nitrogen and oxygen atoms in total. The summed E-state index contributed by atoms with van der Waals surface area (Å²) in [4.78, 5) is 28.8. The molecule has 3 aromatic carbocycles. The maximum atomic E-state index is 14.1. The molecule has 0 heterocycles. The number of ether oxygens (including phenoxy) is 1. The lowest BCUT2D eigenvalue weighted by Crippen LogP contribution is -2.55. The molecule has 0 aliphatic rings. The average Bonchev–Trinajstić information content (AvgIpc) is 2.91. The van der Waals surface area contributed by atoms with Crippen molar-refractivity contribution in [1.29, 1.82) is 0 Å². The number of hydrogen-bond acceptors (Lipinski definition) is 5. The van der Waals surface area contributed by atoms with Crippen LogP contribution in [0.2, 0.25) is 0 Å². The van der Waals surface area contributed by atoms with E-state index in [1.165, 1.54) is 24.1 Å². The summed E-state index contributed by atoms with van der Waals surface area (Å²) < 4.78 is 34.7. The quantitative estimate of drug-likeness (QED) is 0.349. The molecule has 0 aliphatic carbocycles. The number of aryl methyl sites for hydroxylation is 2. The first-order valence-corrected chi connectivity index (χ1v) is 15.1. The molecule has 0 saturated heterocycles. The number of rotatable bonds is 11. The van der Waals surface area contributed by atoms with Gasteiger partial charge in [-0.3, -0.25) is 13.9 Å². The Hall–Kier alpha value is -3.85. The monoisotopic (exact) mass is 579 g/mol. The molecule has 0 fully saturated rings. The molecular formula is C32H41N3O5S. The Balaban J connectivity index is 2.06. The van der Waals surface area contributed by atoms with E-state index in [1.807, 2.05) is 71.0 Å². The molecular weight excluding hydrogens is 538 g/mol. The Bertz CT molecular complexity index is 1450. The number of benzene rings is 3. The summed E-state index contributed by atoms with van der Waals surface area (Å²) >= 11 is 0. The van der Waals surface area contributed by atoms with Crippen molar-refractivity contribution in [1.82, 2.24) is 10.2 Å². The molecule has 1 atom stereocenters. The van der Waals surface area contributed by atoms with Gasteiger partial charge in [0.2, 0.25) is 11.8 Å². The van der Waals surface area contributed by atoms with Crippen molar-refractivity contribution >= 4 is 27.5 Å². The lowest BCUT2D eigenvalue weighted by molar-refractivity contribution is -0.139. The van der Waals surface area contributed by atoms with E-state index >= 15 is 0 Å². The van der Waals surface area contributed by atoms with Crippen LogP contribution in [-0.4, -0.2) is 56.9 Å². The van der Waals surface area contributed by atoms with Gasteiger partial charge in [0.05, 0.1) is 17.7 Å². The first-order chi connectivity index (χ1) is 19.2. The molecule has 3 rings (SSSR count). The largest absolute Gasteiger partial charge is 0.495 e. The highest BCUT2D eigenvalue weighted by Crippen LogP contribution is 2.33. The summed E-state index contributed by atoms with van der Waals surface area (Å²) in [7, 11) is -2.73. The molecule has 0 unspecified atom stereocenters. The van der Waals surface area contributed by atoms with Gasteiger partial charge < -0.3 is 15.0 Å². The van der Waals surface area contributed by atoms with E-state index in [-0.39, 0.29) is 23.0 Å². The summed E-state index contributed by atoms with van der Waals surface area (Å²) in [5.74, 6) is -0.509. The summed E-state index contributed by atoms with van der Waals surface area (Å²) in [6, 6.07) is 20.5. The highest BCUT2D eigenvalue weighted by atomic mass is 32.2. The van der Waals surface area contributed by atoms with Crippen LogP contribution in [-0.2, 0) is 26.0 Å². The normalized spacial score (nSPS) is 12.4. The van der Waals surface area contributed by atoms with Gasteiger partial charge in [-0.1, -0.05) is 54.1 Å². The minimum absolute atomic E-state index is 0.0498. The van der Waals surface area contributed by atoms with Crippen molar-refractivity contribution in [3.8, 4) is 5.75 Å². The van der Waals surface area contributed by atoms with Gasteiger partial charge in [-0.25, -0.2) is 8.42 Å². The van der Waals surface area contributed by atoms with Crippen molar-refractivity contribution in [2.75, 3.05) is 24.5 Å². The van der Waals surface area contributed by atoms with Crippen LogP contribution in [0.25, 0.3) is 0 Å². The molecule has 3 aromatic rings. The van der Waals surface area contributed by atoms with E-state index in [4.69, 9.17) is 4.74 Å². The standard InChI is InChI=1S/C32H41N3O5S/c1-23-13-16-27(17-14-23)41(38,39)35(28-21-24(2)15-18-29(28)40-7)22-30(36)34(20-19-26-11-9-8-10-12-26)25(3)31(37)33-32(4,5)6/h8-18,21,25H,19-20,22H2,1-7H3,(H,33,37)/t25-/m0/s1. The second kappa shape index (κ2) is 13.2. The minimum atomic E-state index is -4.19. The van der Waals surface area contributed by atoms with Gasteiger partial charge in [0.1, 0.15) is 18.3 Å². The number of amides is 2. The van der Waals surface area contributed by atoms with Crippen molar-refractivity contribution < 1.29 is 22.7 Å². The van der Waals surface area contributed by atoms with Gasteiger partial charge in [-0.05, 0) is 83.4 Å². The molecule has 0 bridgehead atoms. The van der Waals surface area contributed by atoms with Crippen LogP contribution in [0.3, 0.4) is 0 Å². The lowest BCUT2D eigenvalue weighted by atomic mass is 10.1. The molecule has 0 aliphatic heterocycles. The summed E-state index contributed by atoms with van der Waals surface area (Å²) in [6.45, 7) is 10.7. The minimum Gasteiger partial charge on any atom is -0.495 e. The average molecular weight is 580 g/mol. The lowest BCUT2D eigenvalue weighted by Gasteiger charge is -2.33. The zero-order chi connectivity index (χ0) is 30.4. The second-order valence-electron chi connectivity index (χ2n) is 11.2. The molecule has 0 saturated carbocycles. The van der Waals surface area contributed by atoms with Crippen LogP contribution in [0, 0.1) is 13.8 Å². The van der Waals surface area contributed by atoms with E-state index < -0.39 is 34.1 Å². The summed E-state index contributed by atoms with van der Waals surface area (Å²) in [6.07, 6.45) is 0.498. The molecule has 9 heteroatoms. The zero-order valence-electron chi connectivity index (χ0n) is 25.0. The zero-order valence-corrected chi connectivity index (χ0v) is 25.8. The van der Waals surface area contributed by atoms with Crippen LogP contribution in [0.5, 0.6) is 5.75 Å². The molecule has 1 N–H and O–H groups in total. The highest BCUT2D eigenvalue weighted by Gasteiger charge is 2.34.